The molecule has 5 nitrogen and oxygen atoms in total. The van der Waals surface area contributed by atoms with Gasteiger partial charge in [0, 0.05) is 32.1 Å². The third kappa shape index (κ3) is 3.19. The molecular weight excluding hydrogens is 220 g/mol. The van der Waals surface area contributed by atoms with Crippen molar-refractivity contribution in [3.8, 4) is 0 Å². The van der Waals surface area contributed by atoms with E-state index in [2.05, 4.69) is 11.9 Å². The molecule has 1 saturated heterocycles. The van der Waals surface area contributed by atoms with Crippen molar-refractivity contribution in [3.05, 3.63) is 0 Å². The highest BCUT2D eigenvalue weighted by Gasteiger charge is 2.31. The molecule has 5 heteroatoms. The Kier molecular flexibility index (Phi) is 3.66. The summed E-state index contributed by atoms with van der Waals surface area (Å²) in [6.45, 7) is 1.89. The van der Waals surface area contributed by atoms with Gasteiger partial charge in [-0.25, -0.2) is 0 Å². The van der Waals surface area contributed by atoms with E-state index in [0.717, 1.165) is 6.54 Å². The molecule has 0 bridgehead atoms. The van der Waals surface area contributed by atoms with E-state index in [1.54, 1.807) is 4.90 Å². The molecule has 1 N–H and O–H groups in total. The van der Waals surface area contributed by atoms with E-state index in [4.69, 9.17) is 5.11 Å². The van der Waals surface area contributed by atoms with E-state index in [1.807, 2.05) is 0 Å². The van der Waals surface area contributed by atoms with Crippen molar-refractivity contribution in [2.75, 3.05) is 26.7 Å². The maximum absolute atomic E-state index is 11.7. The van der Waals surface area contributed by atoms with E-state index in [-0.39, 0.29) is 11.8 Å². The van der Waals surface area contributed by atoms with Gasteiger partial charge in [0.05, 0.1) is 5.92 Å². The normalized spacial score (nSPS) is 25.4. The van der Waals surface area contributed by atoms with E-state index in [0.29, 0.717) is 32.0 Å². The van der Waals surface area contributed by atoms with Crippen molar-refractivity contribution < 1.29 is 14.7 Å². The van der Waals surface area contributed by atoms with Crippen LogP contribution in [-0.2, 0) is 9.59 Å². The number of likely N-dealkylation sites (N-methyl/N-ethyl adjacent to an activating group) is 1. The van der Waals surface area contributed by atoms with Crippen LogP contribution in [0.2, 0.25) is 0 Å². The first kappa shape index (κ1) is 12.4. The Labute approximate surface area is 101 Å². The van der Waals surface area contributed by atoms with Crippen LogP contribution in [0.15, 0.2) is 0 Å². The second-order valence-electron chi connectivity index (χ2n) is 5.13. The van der Waals surface area contributed by atoms with Crippen LogP contribution in [0.4, 0.5) is 0 Å². The van der Waals surface area contributed by atoms with E-state index in [1.165, 1.54) is 12.8 Å². The molecule has 0 spiro atoms. The molecule has 0 aromatic heterocycles. The van der Waals surface area contributed by atoms with Crippen LogP contribution in [0.3, 0.4) is 0 Å². The third-order valence-electron chi connectivity index (χ3n) is 3.74. The Morgan fingerprint density at radius 2 is 2.18 bits per heavy atom. The number of carbonyl (C=O) groups excluding carboxylic acids is 1. The Hall–Kier alpha value is -1.10. The maximum atomic E-state index is 11.7. The molecule has 2 rings (SSSR count). The third-order valence-corrected chi connectivity index (χ3v) is 3.74. The predicted molar refractivity (Wildman–Crippen MR) is 62.6 cm³/mol. The zero-order valence-electron chi connectivity index (χ0n) is 10.3. The monoisotopic (exact) mass is 240 g/mol. The molecule has 0 aromatic carbocycles. The lowest BCUT2D eigenvalue weighted by molar-refractivity contribution is -0.147. The Balaban J connectivity index is 1.80. The molecular formula is C12H20N2O3. The van der Waals surface area contributed by atoms with Gasteiger partial charge >= 0.3 is 5.97 Å². The highest BCUT2D eigenvalue weighted by atomic mass is 16.4. The number of likely N-dealkylation sites (tertiary alicyclic amines) is 1. The fraction of sp³-hybridized carbons (Fsp3) is 0.833. The van der Waals surface area contributed by atoms with Crippen molar-refractivity contribution in [2.24, 2.45) is 5.92 Å². The number of hydrogen-bond acceptors (Lipinski definition) is 3. The molecule has 0 radical (unpaired) electrons. The summed E-state index contributed by atoms with van der Waals surface area (Å²) in [5, 5.41) is 8.97. The van der Waals surface area contributed by atoms with Gasteiger partial charge in [-0.3, -0.25) is 9.59 Å². The maximum Gasteiger partial charge on any atom is 0.308 e. The summed E-state index contributed by atoms with van der Waals surface area (Å²) in [5.41, 5.74) is 0. The van der Waals surface area contributed by atoms with Gasteiger partial charge in [0.2, 0.25) is 5.91 Å². The summed E-state index contributed by atoms with van der Waals surface area (Å²) in [5.74, 6) is -1.05. The lowest BCUT2D eigenvalue weighted by Crippen LogP contribution is -2.45. The molecule has 96 valence electrons. The van der Waals surface area contributed by atoms with Crippen molar-refractivity contribution in [1.82, 2.24) is 9.80 Å². The van der Waals surface area contributed by atoms with Gasteiger partial charge in [-0.2, -0.15) is 0 Å². The first-order chi connectivity index (χ1) is 8.08. The molecule has 2 fully saturated rings. The Morgan fingerprint density at radius 1 is 1.47 bits per heavy atom. The van der Waals surface area contributed by atoms with E-state index >= 15 is 0 Å². The minimum absolute atomic E-state index is 0.103. The van der Waals surface area contributed by atoms with Crippen LogP contribution in [0.25, 0.3) is 0 Å². The average molecular weight is 240 g/mol. The Bertz CT molecular complexity index is 315. The number of aliphatic carboxylic acids is 1. The van der Waals surface area contributed by atoms with Crippen molar-refractivity contribution >= 4 is 11.9 Å². The number of piperidine rings is 1. The van der Waals surface area contributed by atoms with Crippen LogP contribution in [0.1, 0.15) is 25.7 Å². The number of carboxylic acids is 1. The quantitative estimate of drug-likeness (QED) is 0.756. The molecule has 1 unspecified atom stereocenters. The summed E-state index contributed by atoms with van der Waals surface area (Å²) in [6, 6.07) is 0.685. The standard InChI is InChI=1S/C12H20N2O3/c1-13(10-3-4-10)6-7-14-8-9(12(16)17)2-5-11(14)15/h9-10H,2-8H2,1H3,(H,16,17). The van der Waals surface area contributed by atoms with Gasteiger partial charge in [-0.15, -0.1) is 0 Å². The minimum Gasteiger partial charge on any atom is -0.481 e. The summed E-state index contributed by atoms with van der Waals surface area (Å²) in [7, 11) is 2.07. The highest BCUT2D eigenvalue weighted by molar-refractivity contribution is 5.80. The smallest absolute Gasteiger partial charge is 0.308 e. The molecule has 0 aromatic rings. The average Bonchev–Trinajstić information content (AvgIpc) is 3.11. The first-order valence-electron chi connectivity index (χ1n) is 6.28. The number of hydrogen-bond donors (Lipinski definition) is 1. The van der Waals surface area contributed by atoms with Crippen LogP contribution < -0.4 is 0 Å². The molecule has 2 aliphatic rings. The summed E-state index contributed by atoms with van der Waals surface area (Å²) >= 11 is 0. The van der Waals surface area contributed by atoms with Crippen molar-refractivity contribution in [2.45, 2.75) is 31.7 Å². The molecule has 1 atom stereocenters. The zero-order valence-corrected chi connectivity index (χ0v) is 10.3. The fourth-order valence-electron chi connectivity index (χ4n) is 2.31. The Morgan fingerprint density at radius 3 is 2.76 bits per heavy atom. The topological polar surface area (TPSA) is 60.9 Å². The van der Waals surface area contributed by atoms with Gasteiger partial charge < -0.3 is 14.9 Å². The van der Waals surface area contributed by atoms with Gasteiger partial charge in [0.1, 0.15) is 0 Å². The molecule has 1 saturated carbocycles. The summed E-state index contributed by atoms with van der Waals surface area (Å²) in [6.07, 6.45) is 3.37. The number of carboxylic acid groups (broad SMARTS) is 1. The van der Waals surface area contributed by atoms with Gasteiger partial charge in [0.25, 0.3) is 0 Å². The SMILES string of the molecule is CN(CCN1CC(C(=O)O)CCC1=O)C1CC1. The van der Waals surface area contributed by atoms with Gasteiger partial charge in [-0.1, -0.05) is 0 Å². The van der Waals surface area contributed by atoms with Gasteiger partial charge in [-0.05, 0) is 26.3 Å². The van der Waals surface area contributed by atoms with Crippen molar-refractivity contribution in [3.63, 3.8) is 0 Å². The van der Waals surface area contributed by atoms with E-state index in [9.17, 15) is 9.59 Å². The predicted octanol–water partition coefficient (Wildman–Crippen LogP) is 0.404. The molecule has 1 aliphatic heterocycles. The van der Waals surface area contributed by atoms with Crippen LogP contribution in [0.5, 0.6) is 0 Å². The molecule has 1 amide bonds. The second kappa shape index (κ2) is 5.04. The molecule has 1 heterocycles. The van der Waals surface area contributed by atoms with Crippen LogP contribution >= 0.6 is 0 Å². The van der Waals surface area contributed by atoms with Gasteiger partial charge in [0.15, 0.2) is 0 Å². The van der Waals surface area contributed by atoms with Crippen LogP contribution in [0, 0.1) is 5.92 Å². The highest BCUT2D eigenvalue weighted by Crippen LogP contribution is 2.25. The van der Waals surface area contributed by atoms with Crippen LogP contribution in [-0.4, -0.2) is 59.5 Å². The first-order valence-corrected chi connectivity index (χ1v) is 6.28. The largest absolute Gasteiger partial charge is 0.481 e. The lowest BCUT2D eigenvalue weighted by atomic mass is 9.98. The minimum atomic E-state index is -0.780. The molecule has 17 heavy (non-hydrogen) atoms. The second-order valence-corrected chi connectivity index (χ2v) is 5.13. The lowest BCUT2D eigenvalue weighted by Gasteiger charge is -2.32. The molecule has 1 aliphatic carbocycles. The number of nitrogens with zero attached hydrogens (tertiary/aromatic N) is 2. The number of rotatable bonds is 5. The van der Waals surface area contributed by atoms with E-state index < -0.39 is 5.97 Å². The fourth-order valence-corrected chi connectivity index (χ4v) is 2.31. The number of amides is 1. The summed E-state index contributed by atoms with van der Waals surface area (Å²) in [4.78, 5) is 26.6. The number of carbonyl (C=O) groups is 2. The zero-order chi connectivity index (χ0) is 12.4. The van der Waals surface area contributed by atoms with Crippen molar-refractivity contribution in [1.29, 1.82) is 0 Å². The summed E-state index contributed by atoms with van der Waals surface area (Å²) < 4.78 is 0.